The van der Waals surface area contributed by atoms with Crippen LogP contribution in [0.4, 0.5) is 0 Å². The van der Waals surface area contributed by atoms with Gasteiger partial charge < -0.3 is 10.1 Å². The van der Waals surface area contributed by atoms with Crippen molar-refractivity contribution in [3.8, 4) is 0 Å². The highest BCUT2D eigenvalue weighted by atomic mass is 16.5. The van der Waals surface area contributed by atoms with Crippen molar-refractivity contribution in [2.45, 2.75) is 77.9 Å². The molecule has 0 aromatic heterocycles. The second kappa shape index (κ2) is 7.64. The molecule has 0 amide bonds. The average molecular weight is 267 g/mol. The highest BCUT2D eigenvalue weighted by Crippen LogP contribution is 2.32. The monoisotopic (exact) mass is 267 g/mol. The van der Waals surface area contributed by atoms with Crippen LogP contribution in [-0.4, -0.2) is 25.3 Å². The Kier molecular flexibility index (Phi) is 6.15. The molecule has 2 fully saturated rings. The third-order valence-electron chi connectivity index (χ3n) is 5.50. The standard InChI is InChI=1S/C17H33NO/c1-4-18-17(15-7-5-6-8-15)12-19-16-10-9-13(2)14(3)11-16/h13-18H,4-12H2,1-3H3. The first-order valence-electron chi connectivity index (χ1n) is 8.55. The molecule has 0 aromatic rings. The van der Waals surface area contributed by atoms with Gasteiger partial charge in [-0.05, 0) is 56.4 Å². The van der Waals surface area contributed by atoms with Crippen molar-refractivity contribution in [1.82, 2.24) is 5.32 Å². The average Bonchev–Trinajstić information content (AvgIpc) is 2.92. The Hall–Kier alpha value is -0.0800. The normalized spacial score (nSPS) is 34.6. The summed E-state index contributed by atoms with van der Waals surface area (Å²) in [6, 6.07) is 0.599. The predicted octanol–water partition coefficient (Wildman–Crippen LogP) is 4.00. The van der Waals surface area contributed by atoms with Crippen LogP contribution in [0.5, 0.6) is 0 Å². The largest absolute Gasteiger partial charge is 0.377 e. The maximum Gasteiger partial charge on any atom is 0.0626 e. The zero-order valence-electron chi connectivity index (χ0n) is 13.2. The van der Waals surface area contributed by atoms with Gasteiger partial charge in [0.15, 0.2) is 0 Å². The molecule has 0 heterocycles. The van der Waals surface area contributed by atoms with Gasteiger partial charge in [-0.2, -0.15) is 0 Å². The van der Waals surface area contributed by atoms with E-state index >= 15 is 0 Å². The Labute approximate surface area is 119 Å². The van der Waals surface area contributed by atoms with Crippen LogP contribution in [-0.2, 0) is 4.74 Å². The summed E-state index contributed by atoms with van der Waals surface area (Å²) in [5.41, 5.74) is 0. The van der Waals surface area contributed by atoms with Gasteiger partial charge in [-0.25, -0.2) is 0 Å². The smallest absolute Gasteiger partial charge is 0.0626 e. The Morgan fingerprint density at radius 3 is 2.42 bits per heavy atom. The van der Waals surface area contributed by atoms with Gasteiger partial charge in [0.25, 0.3) is 0 Å². The quantitative estimate of drug-likeness (QED) is 0.785. The second-order valence-electron chi connectivity index (χ2n) is 6.93. The molecule has 2 aliphatic rings. The molecule has 0 saturated heterocycles. The van der Waals surface area contributed by atoms with E-state index in [1.54, 1.807) is 0 Å². The lowest BCUT2D eigenvalue weighted by Crippen LogP contribution is -2.41. The molecule has 0 bridgehead atoms. The van der Waals surface area contributed by atoms with E-state index in [9.17, 15) is 0 Å². The highest BCUT2D eigenvalue weighted by molar-refractivity contribution is 4.82. The van der Waals surface area contributed by atoms with Gasteiger partial charge in [-0.3, -0.25) is 0 Å². The minimum Gasteiger partial charge on any atom is -0.377 e. The van der Waals surface area contributed by atoms with E-state index in [-0.39, 0.29) is 0 Å². The van der Waals surface area contributed by atoms with E-state index in [1.807, 2.05) is 0 Å². The molecule has 0 radical (unpaired) electrons. The van der Waals surface area contributed by atoms with Crippen LogP contribution in [0.1, 0.15) is 65.7 Å². The molecule has 2 heteroatoms. The summed E-state index contributed by atoms with van der Waals surface area (Å²) in [6.07, 6.45) is 10.1. The number of nitrogens with one attached hydrogen (secondary N) is 1. The van der Waals surface area contributed by atoms with E-state index in [0.717, 1.165) is 30.9 Å². The van der Waals surface area contributed by atoms with Crippen LogP contribution in [0.25, 0.3) is 0 Å². The zero-order valence-corrected chi connectivity index (χ0v) is 13.2. The fourth-order valence-corrected chi connectivity index (χ4v) is 3.87. The van der Waals surface area contributed by atoms with Crippen LogP contribution < -0.4 is 5.32 Å². The van der Waals surface area contributed by atoms with Crippen LogP contribution in [0.3, 0.4) is 0 Å². The van der Waals surface area contributed by atoms with Crippen molar-refractivity contribution in [3.63, 3.8) is 0 Å². The minimum atomic E-state index is 0.522. The predicted molar refractivity (Wildman–Crippen MR) is 81.3 cm³/mol. The lowest BCUT2D eigenvalue weighted by atomic mass is 9.80. The third kappa shape index (κ3) is 4.46. The van der Waals surface area contributed by atoms with Crippen molar-refractivity contribution >= 4 is 0 Å². The van der Waals surface area contributed by atoms with Crippen LogP contribution in [0.2, 0.25) is 0 Å². The Bertz CT molecular complexity index is 250. The van der Waals surface area contributed by atoms with Gasteiger partial charge in [-0.1, -0.05) is 33.6 Å². The molecule has 2 saturated carbocycles. The minimum absolute atomic E-state index is 0.522. The molecule has 0 aromatic carbocycles. The zero-order chi connectivity index (χ0) is 13.7. The van der Waals surface area contributed by atoms with Crippen molar-refractivity contribution in [2.24, 2.45) is 17.8 Å². The summed E-state index contributed by atoms with van der Waals surface area (Å²) in [5.74, 6) is 2.59. The summed E-state index contributed by atoms with van der Waals surface area (Å²) < 4.78 is 6.27. The summed E-state index contributed by atoms with van der Waals surface area (Å²) >= 11 is 0. The lowest BCUT2D eigenvalue weighted by Gasteiger charge is -2.34. The first-order chi connectivity index (χ1) is 9.20. The molecule has 2 nitrogen and oxygen atoms in total. The van der Waals surface area contributed by atoms with Gasteiger partial charge in [0.2, 0.25) is 0 Å². The Morgan fingerprint density at radius 1 is 1.05 bits per heavy atom. The Morgan fingerprint density at radius 2 is 1.79 bits per heavy atom. The summed E-state index contributed by atoms with van der Waals surface area (Å²) in [6.45, 7) is 9.00. The maximum absolute atomic E-state index is 6.27. The maximum atomic E-state index is 6.27. The third-order valence-corrected chi connectivity index (χ3v) is 5.50. The molecule has 112 valence electrons. The van der Waals surface area contributed by atoms with Gasteiger partial charge >= 0.3 is 0 Å². The number of hydrogen-bond acceptors (Lipinski definition) is 2. The molecule has 2 aliphatic carbocycles. The number of likely N-dealkylation sites (N-methyl/N-ethyl adjacent to an activating group) is 1. The van der Waals surface area contributed by atoms with Gasteiger partial charge in [0, 0.05) is 6.04 Å². The van der Waals surface area contributed by atoms with Gasteiger partial charge in [0.05, 0.1) is 12.7 Å². The number of rotatable bonds is 6. The highest BCUT2D eigenvalue weighted by Gasteiger charge is 2.28. The number of ether oxygens (including phenoxy) is 1. The van der Waals surface area contributed by atoms with Crippen LogP contribution >= 0.6 is 0 Å². The molecule has 4 atom stereocenters. The lowest BCUT2D eigenvalue weighted by molar-refractivity contribution is -0.0137. The molecule has 19 heavy (non-hydrogen) atoms. The molecule has 2 rings (SSSR count). The van der Waals surface area contributed by atoms with E-state index in [0.29, 0.717) is 12.1 Å². The summed E-state index contributed by atoms with van der Waals surface area (Å²) in [5, 5.41) is 3.66. The van der Waals surface area contributed by atoms with Crippen molar-refractivity contribution < 1.29 is 4.74 Å². The molecule has 0 spiro atoms. The Balaban J connectivity index is 1.75. The van der Waals surface area contributed by atoms with E-state index in [2.05, 4.69) is 26.1 Å². The van der Waals surface area contributed by atoms with Crippen LogP contribution in [0, 0.1) is 17.8 Å². The van der Waals surface area contributed by atoms with E-state index in [4.69, 9.17) is 4.74 Å². The van der Waals surface area contributed by atoms with E-state index in [1.165, 1.54) is 44.9 Å². The van der Waals surface area contributed by atoms with Gasteiger partial charge in [-0.15, -0.1) is 0 Å². The molecule has 4 unspecified atom stereocenters. The molecule has 0 aliphatic heterocycles. The van der Waals surface area contributed by atoms with E-state index < -0.39 is 0 Å². The first kappa shape index (κ1) is 15.3. The number of hydrogen-bond donors (Lipinski definition) is 1. The fourth-order valence-electron chi connectivity index (χ4n) is 3.87. The molecular formula is C17H33NO. The topological polar surface area (TPSA) is 21.3 Å². The fraction of sp³-hybridized carbons (Fsp3) is 1.00. The van der Waals surface area contributed by atoms with Crippen LogP contribution in [0.15, 0.2) is 0 Å². The van der Waals surface area contributed by atoms with Crippen molar-refractivity contribution in [1.29, 1.82) is 0 Å². The van der Waals surface area contributed by atoms with Crippen molar-refractivity contribution in [3.05, 3.63) is 0 Å². The van der Waals surface area contributed by atoms with Gasteiger partial charge in [0.1, 0.15) is 0 Å². The van der Waals surface area contributed by atoms with Crippen molar-refractivity contribution in [2.75, 3.05) is 13.2 Å². The summed E-state index contributed by atoms with van der Waals surface area (Å²) in [7, 11) is 0. The molecule has 1 N–H and O–H groups in total. The first-order valence-corrected chi connectivity index (χ1v) is 8.55. The second-order valence-corrected chi connectivity index (χ2v) is 6.93. The summed E-state index contributed by atoms with van der Waals surface area (Å²) in [4.78, 5) is 0. The molecular weight excluding hydrogens is 234 g/mol. The SMILES string of the molecule is CCNC(COC1CCC(C)C(C)C1)C1CCCC1.